The Hall–Kier alpha value is -3.20. The number of Topliss-reactive ketones (excluding diaryl/α,β-unsaturated/α-hetero) is 1. The molecule has 0 N–H and O–H groups in total. The lowest BCUT2D eigenvalue weighted by molar-refractivity contribution is 0.0916. The number of benzene rings is 3. The van der Waals surface area contributed by atoms with Crippen molar-refractivity contribution in [3.05, 3.63) is 102 Å². The van der Waals surface area contributed by atoms with Crippen molar-refractivity contribution in [1.29, 1.82) is 0 Å². The number of amides is 1. The molecule has 3 aromatic carbocycles. The van der Waals surface area contributed by atoms with Gasteiger partial charge in [0.05, 0.1) is 0 Å². The number of carbonyl (C=O) groups is 2. The third kappa shape index (κ3) is 2.22. The van der Waals surface area contributed by atoms with E-state index in [1.807, 2.05) is 66.7 Å². The summed E-state index contributed by atoms with van der Waals surface area (Å²) in [7, 11) is 0. The van der Waals surface area contributed by atoms with Crippen molar-refractivity contribution >= 4 is 17.4 Å². The Balaban J connectivity index is 1.87. The molecular formula is C21H15NO2. The second-order valence-corrected chi connectivity index (χ2v) is 5.73. The van der Waals surface area contributed by atoms with Crippen molar-refractivity contribution in [2.45, 2.75) is 6.04 Å². The van der Waals surface area contributed by atoms with Crippen LogP contribution in [-0.4, -0.2) is 11.7 Å². The third-order valence-corrected chi connectivity index (χ3v) is 4.30. The summed E-state index contributed by atoms with van der Waals surface area (Å²) in [6, 6.07) is 25.2. The lowest BCUT2D eigenvalue weighted by Gasteiger charge is -2.24. The van der Waals surface area contributed by atoms with Crippen LogP contribution in [0.1, 0.15) is 32.3 Å². The summed E-state index contributed by atoms with van der Waals surface area (Å²) < 4.78 is 0. The Labute approximate surface area is 140 Å². The normalized spacial score (nSPS) is 16.1. The summed E-state index contributed by atoms with van der Waals surface area (Å²) in [5.41, 5.74) is 2.69. The number of fused-ring (bicyclic) bond motifs is 1. The highest BCUT2D eigenvalue weighted by molar-refractivity contribution is 6.18. The standard InChI is InChI=1S/C21H15NO2/c23-20(15-9-3-1-4-10-15)19-17-13-7-8-14-18(17)21(24)22(19)16-11-5-2-6-12-16/h1-14,19H/t19-/m0/s1. The van der Waals surface area contributed by atoms with Crippen LogP contribution in [0.2, 0.25) is 0 Å². The number of hydrogen-bond donors (Lipinski definition) is 0. The van der Waals surface area contributed by atoms with Crippen LogP contribution in [0.5, 0.6) is 0 Å². The smallest absolute Gasteiger partial charge is 0.259 e. The van der Waals surface area contributed by atoms with E-state index in [4.69, 9.17) is 0 Å². The Bertz CT molecular complexity index is 903. The highest BCUT2D eigenvalue weighted by Crippen LogP contribution is 2.39. The number of rotatable bonds is 3. The maximum absolute atomic E-state index is 13.1. The van der Waals surface area contributed by atoms with E-state index >= 15 is 0 Å². The summed E-state index contributed by atoms with van der Waals surface area (Å²) in [4.78, 5) is 27.7. The lowest BCUT2D eigenvalue weighted by atomic mass is 9.96. The van der Waals surface area contributed by atoms with E-state index in [1.165, 1.54) is 0 Å². The van der Waals surface area contributed by atoms with Crippen molar-refractivity contribution in [2.75, 3.05) is 4.90 Å². The minimum Gasteiger partial charge on any atom is -0.293 e. The maximum atomic E-state index is 13.1. The minimum absolute atomic E-state index is 0.0715. The van der Waals surface area contributed by atoms with Gasteiger partial charge < -0.3 is 0 Å². The zero-order valence-electron chi connectivity index (χ0n) is 12.9. The Morgan fingerprint density at radius 1 is 0.750 bits per heavy atom. The van der Waals surface area contributed by atoms with Gasteiger partial charge in [0.1, 0.15) is 6.04 Å². The largest absolute Gasteiger partial charge is 0.293 e. The highest BCUT2D eigenvalue weighted by atomic mass is 16.2. The van der Waals surface area contributed by atoms with Gasteiger partial charge in [-0.15, -0.1) is 0 Å². The summed E-state index contributed by atoms with van der Waals surface area (Å²) in [5.74, 6) is -0.205. The van der Waals surface area contributed by atoms with E-state index in [9.17, 15) is 9.59 Å². The molecule has 0 radical (unpaired) electrons. The van der Waals surface area contributed by atoms with Gasteiger partial charge in [0.25, 0.3) is 5.91 Å². The van der Waals surface area contributed by atoms with Crippen LogP contribution >= 0.6 is 0 Å². The second kappa shape index (κ2) is 5.78. The topological polar surface area (TPSA) is 37.4 Å². The predicted octanol–water partition coefficient (Wildman–Crippen LogP) is 4.27. The summed E-state index contributed by atoms with van der Waals surface area (Å²) in [6.45, 7) is 0. The van der Waals surface area contributed by atoms with Crippen LogP contribution in [-0.2, 0) is 0 Å². The molecule has 0 saturated carbocycles. The molecule has 4 rings (SSSR count). The molecule has 116 valence electrons. The van der Waals surface area contributed by atoms with Crippen LogP contribution < -0.4 is 4.90 Å². The number of anilines is 1. The van der Waals surface area contributed by atoms with Crippen molar-refractivity contribution < 1.29 is 9.59 Å². The maximum Gasteiger partial charge on any atom is 0.259 e. The van der Waals surface area contributed by atoms with E-state index in [2.05, 4.69) is 0 Å². The summed E-state index contributed by atoms with van der Waals surface area (Å²) in [5, 5.41) is 0. The summed E-state index contributed by atoms with van der Waals surface area (Å²) in [6.07, 6.45) is 0. The lowest BCUT2D eigenvalue weighted by Crippen LogP contribution is -2.32. The van der Waals surface area contributed by atoms with Gasteiger partial charge in [-0.1, -0.05) is 66.7 Å². The first kappa shape index (κ1) is 14.4. The number of carbonyl (C=O) groups excluding carboxylic acids is 2. The first-order chi connectivity index (χ1) is 11.8. The fourth-order valence-corrected chi connectivity index (χ4v) is 3.19. The average Bonchev–Trinajstić information content (AvgIpc) is 2.95. The first-order valence-electron chi connectivity index (χ1n) is 7.84. The van der Waals surface area contributed by atoms with Crippen LogP contribution in [0, 0.1) is 0 Å². The van der Waals surface area contributed by atoms with Crippen LogP contribution in [0.25, 0.3) is 0 Å². The Morgan fingerprint density at radius 3 is 2.04 bits per heavy atom. The molecule has 1 aliphatic heterocycles. The molecule has 0 bridgehead atoms. The van der Waals surface area contributed by atoms with Gasteiger partial charge in [-0.25, -0.2) is 0 Å². The molecule has 1 atom stereocenters. The fraction of sp³-hybridized carbons (Fsp3) is 0.0476. The van der Waals surface area contributed by atoms with Crippen molar-refractivity contribution in [1.82, 2.24) is 0 Å². The van der Waals surface area contributed by atoms with E-state index in [-0.39, 0.29) is 11.7 Å². The van der Waals surface area contributed by atoms with Crippen molar-refractivity contribution in [2.24, 2.45) is 0 Å². The molecule has 0 aromatic heterocycles. The van der Waals surface area contributed by atoms with Crippen LogP contribution in [0.4, 0.5) is 5.69 Å². The Kier molecular flexibility index (Phi) is 3.47. The van der Waals surface area contributed by atoms with E-state index in [1.54, 1.807) is 23.1 Å². The molecule has 1 aliphatic rings. The molecule has 0 saturated heterocycles. The molecule has 3 aromatic rings. The molecule has 24 heavy (non-hydrogen) atoms. The van der Waals surface area contributed by atoms with Crippen molar-refractivity contribution in [3.8, 4) is 0 Å². The molecule has 3 nitrogen and oxygen atoms in total. The zero-order chi connectivity index (χ0) is 16.5. The second-order valence-electron chi connectivity index (χ2n) is 5.73. The van der Waals surface area contributed by atoms with Gasteiger partial charge in [-0.05, 0) is 23.8 Å². The number of para-hydroxylation sites is 1. The average molecular weight is 313 g/mol. The number of hydrogen-bond acceptors (Lipinski definition) is 2. The SMILES string of the molecule is O=C(c1ccccc1)[C@@H]1c2ccccc2C(=O)N1c1ccccc1. The molecule has 0 unspecified atom stereocenters. The molecule has 1 amide bonds. The third-order valence-electron chi connectivity index (χ3n) is 4.30. The quantitative estimate of drug-likeness (QED) is 0.677. The van der Waals surface area contributed by atoms with Gasteiger partial charge >= 0.3 is 0 Å². The zero-order valence-corrected chi connectivity index (χ0v) is 12.9. The van der Waals surface area contributed by atoms with Gasteiger partial charge in [-0.2, -0.15) is 0 Å². The molecule has 0 spiro atoms. The predicted molar refractivity (Wildman–Crippen MR) is 93.2 cm³/mol. The number of nitrogens with zero attached hydrogens (tertiary/aromatic N) is 1. The van der Waals surface area contributed by atoms with E-state index < -0.39 is 6.04 Å². The first-order valence-corrected chi connectivity index (χ1v) is 7.84. The summed E-state index contributed by atoms with van der Waals surface area (Å²) >= 11 is 0. The fourth-order valence-electron chi connectivity index (χ4n) is 3.19. The Morgan fingerprint density at radius 2 is 1.33 bits per heavy atom. The van der Waals surface area contributed by atoms with Crippen LogP contribution in [0.3, 0.4) is 0 Å². The van der Waals surface area contributed by atoms with Gasteiger partial charge in [0.2, 0.25) is 0 Å². The number of ketones is 1. The van der Waals surface area contributed by atoms with E-state index in [0.29, 0.717) is 11.1 Å². The highest BCUT2D eigenvalue weighted by Gasteiger charge is 2.41. The molecule has 1 heterocycles. The molecule has 3 heteroatoms. The monoisotopic (exact) mass is 313 g/mol. The van der Waals surface area contributed by atoms with Crippen LogP contribution in [0.15, 0.2) is 84.9 Å². The van der Waals surface area contributed by atoms with Gasteiger partial charge in [-0.3, -0.25) is 14.5 Å². The molecule has 0 aliphatic carbocycles. The van der Waals surface area contributed by atoms with Gasteiger partial charge in [0, 0.05) is 16.8 Å². The minimum atomic E-state index is -0.626. The van der Waals surface area contributed by atoms with Gasteiger partial charge in [0.15, 0.2) is 5.78 Å². The molecule has 0 fully saturated rings. The van der Waals surface area contributed by atoms with Crippen molar-refractivity contribution in [3.63, 3.8) is 0 Å². The van der Waals surface area contributed by atoms with E-state index in [0.717, 1.165) is 11.3 Å². The molecular weight excluding hydrogens is 298 g/mol.